The molecule has 0 saturated carbocycles. The van der Waals surface area contributed by atoms with Crippen molar-refractivity contribution in [1.29, 1.82) is 0 Å². The van der Waals surface area contributed by atoms with Crippen LogP contribution in [0.3, 0.4) is 0 Å². The first-order valence-electron chi connectivity index (χ1n) is 9.76. The number of nitro groups is 1. The van der Waals surface area contributed by atoms with Crippen LogP contribution < -0.4 is 15.5 Å². The van der Waals surface area contributed by atoms with E-state index < -0.39 is 4.92 Å². The van der Waals surface area contributed by atoms with Crippen molar-refractivity contribution in [1.82, 2.24) is 5.32 Å². The average molecular weight is 399 g/mol. The van der Waals surface area contributed by atoms with Gasteiger partial charge < -0.3 is 20.3 Å². The molecule has 1 aliphatic rings. The molecule has 0 radical (unpaired) electrons. The zero-order valence-corrected chi connectivity index (χ0v) is 16.5. The molecule has 2 aromatic rings. The van der Waals surface area contributed by atoms with Gasteiger partial charge in [0.05, 0.1) is 30.7 Å². The first-order chi connectivity index (χ1) is 14.1. The van der Waals surface area contributed by atoms with Gasteiger partial charge >= 0.3 is 0 Å². The van der Waals surface area contributed by atoms with Crippen LogP contribution in [0, 0.1) is 10.1 Å². The Labute approximate surface area is 170 Å². The molecular weight excluding hydrogens is 372 g/mol. The maximum Gasteiger partial charge on any atom is 0.293 e. The number of nitrogens with zero attached hydrogens (tertiary/aromatic N) is 1. The fraction of sp³-hybridized carbons (Fsp3) is 0.381. The predicted molar refractivity (Wildman–Crippen MR) is 110 cm³/mol. The molecule has 1 heterocycles. The zero-order valence-electron chi connectivity index (χ0n) is 16.5. The summed E-state index contributed by atoms with van der Waals surface area (Å²) in [6, 6.07) is 14.9. The number of methoxy groups -OCH3 is 1. The summed E-state index contributed by atoms with van der Waals surface area (Å²) in [4.78, 5) is 25.0. The highest BCUT2D eigenvalue weighted by molar-refractivity contribution is 5.96. The van der Waals surface area contributed by atoms with E-state index in [9.17, 15) is 14.9 Å². The molecule has 29 heavy (non-hydrogen) atoms. The number of rotatable bonds is 9. The quantitative estimate of drug-likeness (QED) is 0.335. The lowest BCUT2D eigenvalue weighted by Gasteiger charge is -2.14. The lowest BCUT2D eigenvalue weighted by atomic mass is 10.1. The van der Waals surface area contributed by atoms with Gasteiger partial charge in [0, 0.05) is 37.3 Å². The maximum absolute atomic E-state index is 12.6. The van der Waals surface area contributed by atoms with Gasteiger partial charge in [0.2, 0.25) is 0 Å². The van der Waals surface area contributed by atoms with Crippen molar-refractivity contribution < 1.29 is 19.4 Å². The molecule has 0 aliphatic carbocycles. The van der Waals surface area contributed by atoms with Crippen LogP contribution in [-0.2, 0) is 11.3 Å². The summed E-state index contributed by atoms with van der Waals surface area (Å²) in [6.07, 6.45) is 0.895. The summed E-state index contributed by atoms with van der Waals surface area (Å²) in [5.41, 5.74) is 1.84. The molecule has 1 fully saturated rings. The van der Waals surface area contributed by atoms with Gasteiger partial charge in [-0.1, -0.05) is 30.3 Å². The third-order valence-electron chi connectivity index (χ3n) is 5.09. The minimum atomic E-state index is -0.479. The van der Waals surface area contributed by atoms with Crippen molar-refractivity contribution in [3.8, 4) is 0 Å². The molecule has 0 aromatic heterocycles. The van der Waals surface area contributed by atoms with Crippen molar-refractivity contribution in [3.63, 3.8) is 0 Å². The summed E-state index contributed by atoms with van der Waals surface area (Å²) < 4.78 is 4.95. The highest BCUT2D eigenvalue weighted by atomic mass is 16.6. The maximum atomic E-state index is 12.6. The van der Waals surface area contributed by atoms with Gasteiger partial charge in [0.1, 0.15) is 12.2 Å². The molecule has 3 N–H and O–H groups in total. The van der Waals surface area contributed by atoms with Gasteiger partial charge in [-0.3, -0.25) is 14.9 Å². The number of hydrogen-bond acceptors (Lipinski definition) is 5. The number of quaternary nitrogens is 1. The van der Waals surface area contributed by atoms with E-state index in [1.165, 1.54) is 16.5 Å². The SMILES string of the molecule is COCCNc1ccc(C(=O)N[C@@H]2CC[NH+](Cc3ccccc3)C2)cc1[N+](=O)[O-]. The van der Waals surface area contributed by atoms with E-state index in [-0.39, 0.29) is 17.6 Å². The highest BCUT2D eigenvalue weighted by Crippen LogP contribution is 2.25. The van der Waals surface area contributed by atoms with Gasteiger partial charge in [0.15, 0.2) is 0 Å². The summed E-state index contributed by atoms with van der Waals surface area (Å²) >= 11 is 0. The van der Waals surface area contributed by atoms with Crippen LogP contribution in [0.5, 0.6) is 0 Å². The fourth-order valence-corrected chi connectivity index (χ4v) is 3.63. The molecule has 1 amide bonds. The molecule has 2 atom stereocenters. The molecule has 8 heteroatoms. The van der Waals surface area contributed by atoms with Gasteiger partial charge in [-0.25, -0.2) is 0 Å². The highest BCUT2D eigenvalue weighted by Gasteiger charge is 2.28. The largest absolute Gasteiger partial charge is 0.383 e. The Morgan fingerprint density at radius 1 is 1.28 bits per heavy atom. The summed E-state index contributed by atoms with van der Waals surface area (Å²) in [5.74, 6) is -0.275. The molecule has 1 saturated heterocycles. The third kappa shape index (κ3) is 5.75. The molecule has 3 rings (SSSR count). The van der Waals surface area contributed by atoms with Crippen molar-refractivity contribution >= 4 is 17.3 Å². The molecule has 1 unspecified atom stereocenters. The minimum absolute atomic E-state index is 0.0692. The van der Waals surface area contributed by atoms with E-state index >= 15 is 0 Å². The van der Waals surface area contributed by atoms with E-state index in [0.717, 1.165) is 26.1 Å². The van der Waals surface area contributed by atoms with E-state index in [1.807, 2.05) is 18.2 Å². The second kappa shape index (κ2) is 9.99. The lowest BCUT2D eigenvalue weighted by Crippen LogP contribution is -3.09. The topological polar surface area (TPSA) is 97.9 Å². The zero-order chi connectivity index (χ0) is 20.6. The number of benzene rings is 2. The predicted octanol–water partition coefficient (Wildman–Crippen LogP) is 1.24. The second-order valence-electron chi connectivity index (χ2n) is 7.23. The van der Waals surface area contributed by atoms with Crippen molar-refractivity contribution in [3.05, 3.63) is 69.8 Å². The van der Waals surface area contributed by atoms with Crippen LogP contribution in [0.25, 0.3) is 0 Å². The first kappa shape index (κ1) is 20.8. The van der Waals surface area contributed by atoms with Crippen LogP contribution >= 0.6 is 0 Å². The standard InChI is InChI=1S/C21H26N4O4/c1-29-12-10-22-19-8-7-17(13-20(19)25(27)28)21(26)23-18-9-11-24(15-18)14-16-5-3-2-4-6-16/h2-8,13,18,22H,9-12,14-15H2,1H3,(H,23,26)/p+1/t18-/m1/s1. The normalized spacial score (nSPS) is 18.4. The van der Waals surface area contributed by atoms with Gasteiger partial charge in [-0.2, -0.15) is 0 Å². The van der Waals surface area contributed by atoms with E-state index in [2.05, 4.69) is 22.8 Å². The molecule has 2 aromatic carbocycles. The molecule has 154 valence electrons. The first-order valence-corrected chi connectivity index (χ1v) is 9.76. The van der Waals surface area contributed by atoms with Crippen LogP contribution in [0.1, 0.15) is 22.3 Å². The van der Waals surface area contributed by atoms with Crippen LogP contribution in [0.4, 0.5) is 11.4 Å². The monoisotopic (exact) mass is 399 g/mol. The second-order valence-corrected chi connectivity index (χ2v) is 7.23. The number of carbonyl (C=O) groups excluding carboxylic acids is 1. The van der Waals surface area contributed by atoms with Gasteiger partial charge in [-0.15, -0.1) is 0 Å². The van der Waals surface area contributed by atoms with Gasteiger partial charge in [0.25, 0.3) is 11.6 Å². The number of carbonyl (C=O) groups is 1. The minimum Gasteiger partial charge on any atom is -0.383 e. The summed E-state index contributed by atoms with van der Waals surface area (Å²) in [7, 11) is 1.56. The number of hydrogen-bond donors (Lipinski definition) is 3. The van der Waals surface area contributed by atoms with E-state index in [4.69, 9.17) is 4.74 Å². The Kier molecular flexibility index (Phi) is 7.15. The molecular formula is C21H27N4O4+. The van der Waals surface area contributed by atoms with Gasteiger partial charge in [-0.05, 0) is 12.1 Å². The number of likely N-dealkylation sites (tertiary alicyclic amines) is 1. The molecule has 0 spiro atoms. The lowest BCUT2D eigenvalue weighted by molar-refractivity contribution is -0.901. The van der Waals surface area contributed by atoms with Crippen molar-refractivity contribution in [2.45, 2.75) is 19.0 Å². The molecule has 8 nitrogen and oxygen atoms in total. The Balaban J connectivity index is 1.59. The molecule has 1 aliphatic heterocycles. The van der Waals surface area contributed by atoms with Crippen LogP contribution in [-0.4, -0.2) is 50.2 Å². The van der Waals surface area contributed by atoms with E-state index in [1.54, 1.807) is 19.2 Å². The third-order valence-corrected chi connectivity index (χ3v) is 5.09. The Morgan fingerprint density at radius 3 is 2.79 bits per heavy atom. The number of nitrogens with one attached hydrogen (secondary N) is 3. The summed E-state index contributed by atoms with van der Waals surface area (Å²) in [5, 5.41) is 17.4. The number of anilines is 1. The Bertz CT molecular complexity index is 844. The molecule has 0 bridgehead atoms. The number of nitro benzene ring substituents is 1. The number of amides is 1. The van der Waals surface area contributed by atoms with Crippen LogP contribution in [0.15, 0.2) is 48.5 Å². The van der Waals surface area contributed by atoms with Crippen molar-refractivity contribution in [2.24, 2.45) is 0 Å². The average Bonchev–Trinajstić information content (AvgIpc) is 3.15. The number of ether oxygens (including phenoxy) is 1. The summed E-state index contributed by atoms with van der Waals surface area (Å²) in [6.45, 7) is 3.65. The van der Waals surface area contributed by atoms with Crippen LogP contribution in [0.2, 0.25) is 0 Å². The Hall–Kier alpha value is -2.97. The Morgan fingerprint density at radius 2 is 2.07 bits per heavy atom. The van der Waals surface area contributed by atoms with Crippen molar-refractivity contribution in [2.75, 3.05) is 38.7 Å². The van der Waals surface area contributed by atoms with E-state index in [0.29, 0.717) is 24.4 Å². The fourth-order valence-electron chi connectivity index (χ4n) is 3.63. The smallest absolute Gasteiger partial charge is 0.293 e.